The number of benzene rings is 2. The van der Waals surface area contributed by atoms with Gasteiger partial charge >= 0.3 is 0 Å². The van der Waals surface area contributed by atoms with Crippen LogP contribution in [0.1, 0.15) is 42.9 Å². The van der Waals surface area contributed by atoms with Gasteiger partial charge in [0.05, 0.1) is 0 Å². The number of hydrogen-bond acceptors (Lipinski definition) is 0. The van der Waals surface area contributed by atoms with E-state index < -0.39 is 0 Å². The van der Waals surface area contributed by atoms with Crippen LogP contribution in [0.3, 0.4) is 0 Å². The van der Waals surface area contributed by atoms with Crippen LogP contribution in [0.15, 0.2) is 72.8 Å². The lowest BCUT2D eigenvalue weighted by Crippen LogP contribution is -1.91. The molecule has 0 unspecified atom stereocenters. The smallest absolute Gasteiger partial charge is 0.0178 e. The molecular weight excluding hydrogens is 288 g/mol. The summed E-state index contributed by atoms with van der Waals surface area (Å²) in [5, 5.41) is 0. The van der Waals surface area contributed by atoms with Crippen molar-refractivity contribution in [3.05, 3.63) is 89.5 Å². The molecule has 0 fully saturated rings. The third kappa shape index (κ3) is 3.94. The summed E-state index contributed by atoms with van der Waals surface area (Å²) in [6.45, 7) is 4.31. The Morgan fingerprint density at radius 2 is 1.79 bits per heavy atom. The van der Waals surface area contributed by atoms with Gasteiger partial charge < -0.3 is 0 Å². The van der Waals surface area contributed by atoms with E-state index >= 15 is 0 Å². The van der Waals surface area contributed by atoms with Gasteiger partial charge in [-0.1, -0.05) is 66.8 Å². The lowest BCUT2D eigenvalue weighted by Gasteiger charge is -2.11. The summed E-state index contributed by atoms with van der Waals surface area (Å²) >= 11 is 0. The summed E-state index contributed by atoms with van der Waals surface area (Å²) in [5.74, 6) is 0. The molecule has 1 aliphatic carbocycles. The lowest BCUT2D eigenvalue weighted by atomic mass is 9.94. The number of hydrogen-bond donors (Lipinski definition) is 0. The fraction of sp³-hybridized carbons (Fsp3) is 0.250. The Morgan fingerprint density at radius 3 is 2.54 bits per heavy atom. The van der Waals surface area contributed by atoms with Gasteiger partial charge in [0, 0.05) is 0 Å². The molecule has 0 radical (unpaired) electrons. The minimum Gasteiger partial charge on any atom is -0.0917 e. The molecule has 0 aliphatic heterocycles. The first-order valence-electron chi connectivity index (χ1n) is 8.96. The predicted octanol–water partition coefficient (Wildman–Crippen LogP) is 6.90. The summed E-state index contributed by atoms with van der Waals surface area (Å²) in [7, 11) is 0. The summed E-state index contributed by atoms with van der Waals surface area (Å²) < 4.78 is 0. The van der Waals surface area contributed by atoms with Crippen LogP contribution in [0.2, 0.25) is 0 Å². The van der Waals surface area contributed by atoms with Crippen LogP contribution in [0.25, 0.3) is 16.7 Å². The van der Waals surface area contributed by atoms with Crippen molar-refractivity contribution in [3.63, 3.8) is 0 Å². The average Bonchev–Trinajstić information content (AvgIpc) is 2.64. The van der Waals surface area contributed by atoms with Crippen LogP contribution in [0.4, 0.5) is 0 Å². The molecule has 24 heavy (non-hydrogen) atoms. The maximum atomic E-state index is 2.34. The molecule has 3 rings (SSSR count). The molecule has 0 heterocycles. The lowest BCUT2D eigenvalue weighted by molar-refractivity contribution is 0.986. The standard InChI is InChI=1S/C24H26/c1-3-4-6-10-20-15-16-24(17-19(20)2)23-14-9-13-22(18-23)21-11-7-5-8-12-21/h3-4,7,9,11-18H,5-6,8,10H2,1-2H3/b4-3-. The third-order valence-electron chi connectivity index (χ3n) is 4.68. The van der Waals surface area contributed by atoms with Gasteiger partial charge in [-0.15, -0.1) is 0 Å². The highest BCUT2D eigenvalue weighted by atomic mass is 14.1. The highest BCUT2D eigenvalue weighted by Crippen LogP contribution is 2.28. The van der Waals surface area contributed by atoms with Gasteiger partial charge in [-0.25, -0.2) is 0 Å². The minimum absolute atomic E-state index is 1.12. The largest absolute Gasteiger partial charge is 0.0917 e. The second-order valence-corrected chi connectivity index (χ2v) is 6.47. The fourth-order valence-corrected chi connectivity index (χ4v) is 3.27. The number of aryl methyl sites for hydroxylation is 2. The molecule has 0 saturated heterocycles. The van der Waals surface area contributed by atoms with E-state index in [4.69, 9.17) is 0 Å². The van der Waals surface area contributed by atoms with Crippen molar-refractivity contribution in [2.75, 3.05) is 0 Å². The molecule has 0 nitrogen and oxygen atoms in total. The van der Waals surface area contributed by atoms with Crippen LogP contribution in [0, 0.1) is 6.92 Å². The van der Waals surface area contributed by atoms with Gasteiger partial charge in [-0.2, -0.15) is 0 Å². The maximum absolute atomic E-state index is 2.34. The van der Waals surface area contributed by atoms with E-state index in [0.717, 1.165) is 25.7 Å². The Labute approximate surface area is 146 Å². The average molecular weight is 314 g/mol. The molecule has 122 valence electrons. The van der Waals surface area contributed by atoms with Gasteiger partial charge in [0.1, 0.15) is 0 Å². The van der Waals surface area contributed by atoms with Crippen molar-refractivity contribution in [1.82, 2.24) is 0 Å². The van der Waals surface area contributed by atoms with Crippen LogP contribution >= 0.6 is 0 Å². The zero-order valence-electron chi connectivity index (χ0n) is 14.8. The van der Waals surface area contributed by atoms with Crippen LogP contribution < -0.4 is 0 Å². The van der Waals surface area contributed by atoms with Gasteiger partial charge in [0.2, 0.25) is 0 Å². The van der Waals surface area contributed by atoms with Crippen LogP contribution in [-0.4, -0.2) is 0 Å². The van der Waals surface area contributed by atoms with Crippen LogP contribution in [-0.2, 0) is 6.42 Å². The normalized spacial score (nSPS) is 14.2. The number of rotatable bonds is 5. The first kappa shape index (κ1) is 16.5. The van der Waals surface area contributed by atoms with E-state index in [1.165, 1.54) is 33.4 Å². The molecule has 1 aliphatic rings. The molecule has 0 N–H and O–H groups in total. The zero-order chi connectivity index (χ0) is 16.8. The van der Waals surface area contributed by atoms with E-state index in [1.807, 2.05) is 0 Å². The third-order valence-corrected chi connectivity index (χ3v) is 4.68. The van der Waals surface area contributed by atoms with Crippen molar-refractivity contribution in [3.8, 4) is 11.1 Å². The van der Waals surface area contributed by atoms with Gasteiger partial charge in [-0.3, -0.25) is 0 Å². The van der Waals surface area contributed by atoms with Crippen molar-refractivity contribution < 1.29 is 0 Å². The van der Waals surface area contributed by atoms with Gasteiger partial charge in [-0.05, 0) is 79.0 Å². The molecule has 0 heteroatoms. The van der Waals surface area contributed by atoms with Crippen molar-refractivity contribution >= 4 is 5.57 Å². The monoisotopic (exact) mass is 314 g/mol. The van der Waals surface area contributed by atoms with Crippen molar-refractivity contribution in [2.24, 2.45) is 0 Å². The molecule has 0 amide bonds. The first-order valence-corrected chi connectivity index (χ1v) is 8.96. The molecule has 0 saturated carbocycles. The molecule has 0 atom stereocenters. The van der Waals surface area contributed by atoms with E-state index in [2.05, 4.69) is 86.7 Å². The van der Waals surface area contributed by atoms with E-state index in [1.54, 1.807) is 0 Å². The quantitative estimate of drug-likeness (QED) is 0.526. The molecule has 2 aromatic carbocycles. The Balaban J connectivity index is 1.85. The Morgan fingerprint density at radius 1 is 0.958 bits per heavy atom. The second kappa shape index (κ2) is 7.97. The van der Waals surface area contributed by atoms with Gasteiger partial charge in [0.15, 0.2) is 0 Å². The Hall–Kier alpha value is -2.34. The molecular formula is C24H26. The topological polar surface area (TPSA) is 0 Å². The molecule has 0 aromatic heterocycles. The summed E-state index contributed by atoms with van der Waals surface area (Å²) in [6, 6.07) is 15.8. The van der Waals surface area contributed by atoms with Crippen LogP contribution in [0.5, 0.6) is 0 Å². The fourth-order valence-electron chi connectivity index (χ4n) is 3.27. The van der Waals surface area contributed by atoms with Crippen molar-refractivity contribution in [2.45, 2.75) is 39.5 Å². The minimum atomic E-state index is 1.12. The Kier molecular flexibility index (Phi) is 5.48. The zero-order valence-corrected chi connectivity index (χ0v) is 14.8. The predicted molar refractivity (Wildman–Crippen MR) is 106 cm³/mol. The highest BCUT2D eigenvalue weighted by molar-refractivity contribution is 5.78. The van der Waals surface area contributed by atoms with E-state index in [0.29, 0.717) is 0 Å². The second-order valence-electron chi connectivity index (χ2n) is 6.47. The first-order chi connectivity index (χ1) is 11.8. The Bertz CT molecular complexity index is 787. The SMILES string of the molecule is C/C=C\CCc1ccc(-c2cccc(C3=CCCC=C3)c2)cc1C. The van der Waals surface area contributed by atoms with E-state index in [-0.39, 0.29) is 0 Å². The molecule has 2 aromatic rings. The summed E-state index contributed by atoms with van der Waals surface area (Å²) in [6.07, 6.45) is 15.8. The molecule has 0 bridgehead atoms. The van der Waals surface area contributed by atoms with Gasteiger partial charge in [0.25, 0.3) is 0 Å². The number of allylic oxidation sites excluding steroid dienone is 6. The summed E-state index contributed by atoms with van der Waals surface area (Å²) in [5.41, 5.74) is 8.12. The highest BCUT2D eigenvalue weighted by Gasteiger charge is 2.06. The molecule has 0 spiro atoms. The maximum Gasteiger partial charge on any atom is -0.0178 e. The van der Waals surface area contributed by atoms with E-state index in [9.17, 15) is 0 Å². The summed E-state index contributed by atoms with van der Waals surface area (Å²) in [4.78, 5) is 0. The van der Waals surface area contributed by atoms with Crippen molar-refractivity contribution in [1.29, 1.82) is 0 Å².